The van der Waals surface area contributed by atoms with Gasteiger partial charge in [-0.15, -0.1) is 0 Å². The van der Waals surface area contributed by atoms with Crippen LogP contribution in [0.2, 0.25) is 0 Å². The predicted molar refractivity (Wildman–Crippen MR) is 79.4 cm³/mol. The van der Waals surface area contributed by atoms with Crippen LogP contribution in [-0.4, -0.2) is 6.10 Å². The molecule has 1 unspecified atom stereocenters. The van der Waals surface area contributed by atoms with Crippen molar-refractivity contribution in [1.82, 2.24) is 0 Å². The van der Waals surface area contributed by atoms with Crippen molar-refractivity contribution in [2.24, 2.45) is 5.73 Å². The quantitative estimate of drug-likeness (QED) is 0.914. The highest BCUT2D eigenvalue weighted by Crippen LogP contribution is 2.23. The Labute approximate surface area is 119 Å². The Morgan fingerprint density at radius 1 is 1.00 bits per heavy atom. The van der Waals surface area contributed by atoms with Gasteiger partial charge in [-0.25, -0.2) is 4.39 Å². The Kier molecular flexibility index (Phi) is 4.40. The van der Waals surface area contributed by atoms with E-state index in [0.29, 0.717) is 5.56 Å². The van der Waals surface area contributed by atoms with Gasteiger partial charge in [-0.2, -0.15) is 0 Å². The van der Waals surface area contributed by atoms with Crippen LogP contribution in [0, 0.1) is 12.7 Å². The molecular weight excluding hydrogens is 253 g/mol. The van der Waals surface area contributed by atoms with Crippen LogP contribution < -0.4 is 10.5 Å². The second-order valence-electron chi connectivity index (χ2n) is 5.22. The molecule has 2 aromatic carbocycles. The van der Waals surface area contributed by atoms with Crippen molar-refractivity contribution in [3.63, 3.8) is 0 Å². The Morgan fingerprint density at radius 3 is 2.15 bits per heavy atom. The smallest absolute Gasteiger partial charge is 0.126 e. The Hall–Kier alpha value is -1.87. The third kappa shape index (κ3) is 3.36. The Balaban J connectivity index is 2.20. The zero-order chi connectivity index (χ0) is 14.7. The van der Waals surface area contributed by atoms with Crippen molar-refractivity contribution < 1.29 is 9.13 Å². The second kappa shape index (κ2) is 6.06. The Bertz CT molecular complexity index is 578. The zero-order valence-electron chi connectivity index (χ0n) is 12.1. The van der Waals surface area contributed by atoms with E-state index in [-0.39, 0.29) is 18.0 Å². The van der Waals surface area contributed by atoms with E-state index in [1.165, 1.54) is 6.07 Å². The summed E-state index contributed by atoms with van der Waals surface area (Å²) in [4.78, 5) is 0. The van der Waals surface area contributed by atoms with Gasteiger partial charge >= 0.3 is 0 Å². The normalized spacial score (nSPS) is 12.5. The van der Waals surface area contributed by atoms with Crippen LogP contribution >= 0.6 is 0 Å². The van der Waals surface area contributed by atoms with E-state index in [0.717, 1.165) is 16.9 Å². The summed E-state index contributed by atoms with van der Waals surface area (Å²) in [5.74, 6) is 0.587. The Morgan fingerprint density at radius 2 is 1.60 bits per heavy atom. The largest absolute Gasteiger partial charge is 0.491 e. The SMILES string of the molecule is Cc1ccc(C(N)c2ccc(OC(C)C)cc2)cc1F. The molecule has 2 rings (SSSR count). The summed E-state index contributed by atoms with van der Waals surface area (Å²) < 4.78 is 19.2. The zero-order valence-corrected chi connectivity index (χ0v) is 12.1. The topological polar surface area (TPSA) is 35.2 Å². The van der Waals surface area contributed by atoms with Crippen molar-refractivity contribution in [2.45, 2.75) is 32.9 Å². The minimum absolute atomic E-state index is 0.140. The molecule has 20 heavy (non-hydrogen) atoms. The van der Waals surface area contributed by atoms with Crippen molar-refractivity contribution >= 4 is 0 Å². The number of aryl methyl sites for hydroxylation is 1. The summed E-state index contributed by atoms with van der Waals surface area (Å²) >= 11 is 0. The molecule has 0 aliphatic rings. The number of halogens is 1. The third-order valence-corrected chi connectivity index (χ3v) is 3.17. The van der Waals surface area contributed by atoms with Gasteiger partial charge < -0.3 is 10.5 Å². The standard InChI is InChI=1S/C17H20FNO/c1-11(2)20-15-8-6-13(7-9-15)17(19)14-5-4-12(3)16(18)10-14/h4-11,17H,19H2,1-3H3. The summed E-state index contributed by atoms with van der Waals surface area (Å²) in [5.41, 5.74) is 8.51. The maximum absolute atomic E-state index is 13.6. The van der Waals surface area contributed by atoms with E-state index in [9.17, 15) is 4.39 Å². The van der Waals surface area contributed by atoms with E-state index in [1.54, 1.807) is 13.0 Å². The van der Waals surface area contributed by atoms with Crippen molar-refractivity contribution in [2.75, 3.05) is 0 Å². The minimum atomic E-state index is -0.335. The number of benzene rings is 2. The molecule has 0 fully saturated rings. The molecular formula is C17H20FNO. The molecule has 0 aromatic heterocycles. The molecule has 106 valence electrons. The summed E-state index contributed by atoms with van der Waals surface area (Å²) in [6.07, 6.45) is 0.140. The van der Waals surface area contributed by atoms with Crippen LogP contribution in [0.15, 0.2) is 42.5 Å². The average Bonchev–Trinajstić information content (AvgIpc) is 2.41. The highest BCUT2D eigenvalue weighted by atomic mass is 19.1. The third-order valence-electron chi connectivity index (χ3n) is 3.17. The lowest BCUT2D eigenvalue weighted by Gasteiger charge is -2.15. The molecule has 0 aliphatic carbocycles. The van der Waals surface area contributed by atoms with Crippen LogP contribution in [0.5, 0.6) is 5.75 Å². The molecule has 0 amide bonds. The van der Waals surface area contributed by atoms with Crippen molar-refractivity contribution in [3.05, 3.63) is 65.0 Å². The summed E-state index contributed by atoms with van der Waals surface area (Å²) in [6, 6.07) is 12.4. The fourth-order valence-corrected chi connectivity index (χ4v) is 2.02. The summed E-state index contributed by atoms with van der Waals surface area (Å²) in [6.45, 7) is 5.70. The molecule has 0 saturated heterocycles. The number of hydrogen-bond donors (Lipinski definition) is 1. The van der Waals surface area contributed by atoms with Gasteiger partial charge in [0.1, 0.15) is 11.6 Å². The van der Waals surface area contributed by atoms with Gasteiger partial charge in [0.05, 0.1) is 12.1 Å². The molecule has 2 nitrogen and oxygen atoms in total. The first-order valence-electron chi connectivity index (χ1n) is 6.75. The van der Waals surface area contributed by atoms with Crippen LogP contribution in [0.3, 0.4) is 0 Å². The average molecular weight is 273 g/mol. The first kappa shape index (κ1) is 14.5. The van der Waals surface area contributed by atoms with Gasteiger partial charge in [0.2, 0.25) is 0 Å². The number of rotatable bonds is 4. The molecule has 0 radical (unpaired) electrons. The first-order chi connectivity index (χ1) is 9.47. The lowest BCUT2D eigenvalue weighted by atomic mass is 9.98. The van der Waals surface area contributed by atoms with Gasteiger partial charge in [0.15, 0.2) is 0 Å². The lowest BCUT2D eigenvalue weighted by molar-refractivity contribution is 0.242. The van der Waals surface area contributed by atoms with Gasteiger partial charge in [-0.05, 0) is 55.7 Å². The first-order valence-corrected chi connectivity index (χ1v) is 6.75. The molecule has 2 N–H and O–H groups in total. The van der Waals surface area contributed by atoms with E-state index in [1.807, 2.05) is 44.2 Å². The van der Waals surface area contributed by atoms with Gasteiger partial charge in [-0.1, -0.05) is 24.3 Å². The summed E-state index contributed by atoms with van der Waals surface area (Å²) in [7, 11) is 0. The van der Waals surface area contributed by atoms with Crippen LogP contribution in [0.25, 0.3) is 0 Å². The fourth-order valence-electron chi connectivity index (χ4n) is 2.02. The molecule has 1 atom stereocenters. The molecule has 0 saturated carbocycles. The van der Waals surface area contributed by atoms with Gasteiger partial charge in [-0.3, -0.25) is 0 Å². The highest BCUT2D eigenvalue weighted by Gasteiger charge is 2.11. The van der Waals surface area contributed by atoms with Crippen LogP contribution in [0.1, 0.15) is 36.6 Å². The number of ether oxygens (including phenoxy) is 1. The number of nitrogens with two attached hydrogens (primary N) is 1. The van der Waals surface area contributed by atoms with Crippen LogP contribution in [0.4, 0.5) is 4.39 Å². The predicted octanol–water partition coefficient (Wildman–Crippen LogP) is 3.97. The minimum Gasteiger partial charge on any atom is -0.491 e. The second-order valence-corrected chi connectivity index (χ2v) is 5.22. The van der Waals surface area contributed by atoms with Crippen molar-refractivity contribution in [3.8, 4) is 5.75 Å². The van der Waals surface area contributed by atoms with E-state index in [4.69, 9.17) is 10.5 Å². The summed E-state index contributed by atoms with van der Waals surface area (Å²) in [5, 5.41) is 0. The van der Waals surface area contributed by atoms with E-state index < -0.39 is 0 Å². The van der Waals surface area contributed by atoms with E-state index in [2.05, 4.69) is 0 Å². The van der Waals surface area contributed by atoms with E-state index >= 15 is 0 Å². The number of hydrogen-bond acceptors (Lipinski definition) is 2. The van der Waals surface area contributed by atoms with Gasteiger partial charge in [0, 0.05) is 0 Å². The molecule has 0 bridgehead atoms. The highest BCUT2D eigenvalue weighted by molar-refractivity contribution is 5.36. The lowest BCUT2D eigenvalue weighted by Crippen LogP contribution is -2.12. The molecule has 0 aliphatic heterocycles. The maximum atomic E-state index is 13.6. The molecule has 3 heteroatoms. The monoisotopic (exact) mass is 273 g/mol. The van der Waals surface area contributed by atoms with Gasteiger partial charge in [0.25, 0.3) is 0 Å². The molecule has 0 spiro atoms. The fraction of sp³-hybridized carbons (Fsp3) is 0.294. The molecule has 0 heterocycles. The van der Waals surface area contributed by atoms with Crippen LogP contribution in [-0.2, 0) is 0 Å². The maximum Gasteiger partial charge on any atom is 0.126 e. The van der Waals surface area contributed by atoms with Crippen molar-refractivity contribution in [1.29, 1.82) is 0 Å². The molecule has 2 aromatic rings.